The molecule has 0 radical (unpaired) electrons. The predicted molar refractivity (Wildman–Crippen MR) is 114 cm³/mol. The van der Waals surface area contributed by atoms with Crippen LogP contribution >= 0.6 is 11.6 Å². The average molecular weight is 410 g/mol. The number of anilines is 2. The van der Waals surface area contributed by atoms with E-state index in [9.17, 15) is 15.0 Å². The molecule has 0 aromatic heterocycles. The summed E-state index contributed by atoms with van der Waals surface area (Å²) in [5, 5.41) is 29.7. The molecule has 8 nitrogen and oxygen atoms in total. The fraction of sp³-hybridized carbons (Fsp3) is 0.0500. The maximum atomic E-state index is 11.7. The molecule has 146 valence electrons. The second-order valence-electron chi connectivity index (χ2n) is 6.27. The second-order valence-corrected chi connectivity index (χ2v) is 6.62. The molecule has 4 rings (SSSR count). The van der Waals surface area contributed by atoms with Crippen LogP contribution in [0.4, 0.5) is 11.4 Å². The molecule has 1 heterocycles. The Kier molecular flexibility index (Phi) is 4.92. The van der Waals surface area contributed by atoms with Crippen molar-refractivity contribution in [1.29, 1.82) is 0 Å². The Labute approximate surface area is 170 Å². The number of benzene rings is 3. The first kappa shape index (κ1) is 18.6. The van der Waals surface area contributed by atoms with Gasteiger partial charge in [0.1, 0.15) is 5.75 Å². The largest absolute Gasteiger partial charge is 0.508 e. The molecule has 0 bridgehead atoms. The highest BCUT2D eigenvalue weighted by Crippen LogP contribution is 2.25. The van der Waals surface area contributed by atoms with Crippen LogP contribution in [0.1, 0.15) is 10.4 Å². The van der Waals surface area contributed by atoms with Gasteiger partial charge in [0.05, 0.1) is 11.3 Å². The van der Waals surface area contributed by atoms with Crippen LogP contribution in [0.5, 0.6) is 5.75 Å². The average Bonchev–Trinajstić information content (AvgIpc) is 2.67. The van der Waals surface area contributed by atoms with Crippen LogP contribution in [-0.4, -0.2) is 33.7 Å². The third-order valence-corrected chi connectivity index (χ3v) is 4.41. The Morgan fingerprint density at radius 2 is 1.79 bits per heavy atom. The molecule has 0 aliphatic carbocycles. The molecule has 1 aliphatic rings. The van der Waals surface area contributed by atoms with Crippen LogP contribution in [0.2, 0.25) is 0 Å². The van der Waals surface area contributed by atoms with Gasteiger partial charge in [-0.1, -0.05) is 30.3 Å². The first-order valence-electron chi connectivity index (χ1n) is 8.65. The van der Waals surface area contributed by atoms with E-state index in [-0.39, 0.29) is 22.6 Å². The fourth-order valence-corrected chi connectivity index (χ4v) is 3.12. The lowest BCUT2D eigenvalue weighted by atomic mass is 10.0. The van der Waals surface area contributed by atoms with Gasteiger partial charge in [-0.3, -0.25) is 0 Å². The molecular formula is C20H16ClN5O3. The van der Waals surface area contributed by atoms with Crippen LogP contribution in [0.15, 0.2) is 70.6 Å². The van der Waals surface area contributed by atoms with Gasteiger partial charge in [-0.15, -0.1) is 0 Å². The number of hydrogen-bond acceptors (Lipinski definition) is 7. The number of aliphatic imine (C=N–C) groups is 2. The van der Waals surface area contributed by atoms with Crippen LogP contribution in [0.3, 0.4) is 0 Å². The second kappa shape index (κ2) is 7.69. The topological polar surface area (TPSA) is 118 Å². The van der Waals surface area contributed by atoms with Gasteiger partial charge in [-0.25, -0.2) is 14.8 Å². The smallest absolute Gasteiger partial charge is 0.337 e. The van der Waals surface area contributed by atoms with Crippen molar-refractivity contribution in [1.82, 2.24) is 5.32 Å². The number of fused-ring (bicyclic) bond motifs is 1. The zero-order valence-electron chi connectivity index (χ0n) is 14.9. The van der Waals surface area contributed by atoms with E-state index >= 15 is 0 Å². The van der Waals surface area contributed by atoms with Crippen molar-refractivity contribution in [2.45, 2.75) is 6.29 Å². The summed E-state index contributed by atoms with van der Waals surface area (Å²) in [7, 11) is 0. The number of phenols is 1. The summed E-state index contributed by atoms with van der Waals surface area (Å²) >= 11 is 6.08. The van der Waals surface area contributed by atoms with E-state index in [2.05, 4.69) is 25.9 Å². The van der Waals surface area contributed by atoms with Crippen LogP contribution in [0, 0.1) is 0 Å². The first-order chi connectivity index (χ1) is 14.0. The molecule has 0 saturated heterocycles. The zero-order chi connectivity index (χ0) is 20.4. The Morgan fingerprint density at radius 1 is 1.03 bits per heavy atom. The van der Waals surface area contributed by atoms with E-state index in [0.29, 0.717) is 11.4 Å². The standard InChI is InChI=1S/C20H16ClN5O3/c21-18-24-19(22-13-6-3-7-14(27)10-13)26-20(25-18)23-16-9-12-5-2-1-4-11(12)8-15(16)17(28)29/h1-10,19,22,27H,(H,28,29)(H2,23,24,25,26). The van der Waals surface area contributed by atoms with Crippen molar-refractivity contribution >= 4 is 51.0 Å². The number of guanidine groups is 1. The van der Waals surface area contributed by atoms with Crippen LogP contribution in [0.25, 0.3) is 10.8 Å². The van der Waals surface area contributed by atoms with Gasteiger partial charge >= 0.3 is 5.97 Å². The van der Waals surface area contributed by atoms with Gasteiger partial charge in [-0.2, -0.15) is 0 Å². The molecule has 1 aliphatic heterocycles. The quantitative estimate of drug-likeness (QED) is 0.420. The van der Waals surface area contributed by atoms with Gasteiger partial charge in [0.15, 0.2) is 0 Å². The van der Waals surface area contributed by atoms with Crippen molar-refractivity contribution in [2.75, 3.05) is 10.6 Å². The van der Waals surface area contributed by atoms with E-state index in [0.717, 1.165) is 10.8 Å². The molecule has 1 unspecified atom stereocenters. The molecule has 3 aromatic rings. The summed E-state index contributed by atoms with van der Waals surface area (Å²) in [6.45, 7) is 0. The molecule has 9 heteroatoms. The number of aromatic hydroxyl groups is 1. The normalized spacial score (nSPS) is 15.8. The van der Waals surface area contributed by atoms with E-state index in [1.807, 2.05) is 24.3 Å². The first-order valence-corrected chi connectivity index (χ1v) is 9.02. The Hall–Kier alpha value is -3.78. The van der Waals surface area contributed by atoms with Crippen LogP contribution in [-0.2, 0) is 0 Å². The van der Waals surface area contributed by atoms with E-state index in [1.54, 1.807) is 30.3 Å². The number of nitrogens with one attached hydrogen (secondary N) is 3. The number of rotatable bonds is 4. The number of amidine groups is 1. The summed E-state index contributed by atoms with van der Waals surface area (Å²) in [4.78, 5) is 20.2. The molecule has 0 saturated carbocycles. The molecule has 0 spiro atoms. The lowest BCUT2D eigenvalue weighted by molar-refractivity contribution is 0.0698. The molecule has 29 heavy (non-hydrogen) atoms. The molecule has 3 aromatic carbocycles. The minimum Gasteiger partial charge on any atom is -0.508 e. The van der Waals surface area contributed by atoms with Crippen molar-refractivity contribution in [3.05, 3.63) is 66.2 Å². The Balaban J connectivity index is 1.63. The lowest BCUT2D eigenvalue weighted by Crippen LogP contribution is -2.40. The molecule has 1 atom stereocenters. The van der Waals surface area contributed by atoms with E-state index in [1.165, 1.54) is 6.07 Å². The third-order valence-electron chi connectivity index (χ3n) is 4.22. The van der Waals surface area contributed by atoms with Gasteiger partial charge in [0, 0.05) is 11.8 Å². The number of aromatic carboxylic acids is 1. The minimum atomic E-state index is -1.07. The Bertz CT molecular complexity index is 1160. The molecular weight excluding hydrogens is 394 g/mol. The number of hydrogen-bond donors (Lipinski definition) is 5. The number of halogens is 1. The number of phenolic OH excluding ortho intramolecular Hbond substituents is 1. The van der Waals surface area contributed by atoms with E-state index in [4.69, 9.17) is 11.6 Å². The maximum absolute atomic E-state index is 11.7. The number of carboxylic acid groups (broad SMARTS) is 1. The fourth-order valence-electron chi connectivity index (χ4n) is 2.94. The monoisotopic (exact) mass is 409 g/mol. The summed E-state index contributed by atoms with van der Waals surface area (Å²) < 4.78 is 0. The summed E-state index contributed by atoms with van der Waals surface area (Å²) in [5.74, 6) is -0.729. The number of carboxylic acids is 1. The van der Waals surface area contributed by atoms with Crippen molar-refractivity contribution in [3.63, 3.8) is 0 Å². The van der Waals surface area contributed by atoms with Gasteiger partial charge in [-0.05, 0) is 46.6 Å². The molecule has 5 N–H and O–H groups in total. The highest BCUT2D eigenvalue weighted by molar-refractivity contribution is 6.66. The van der Waals surface area contributed by atoms with Gasteiger partial charge < -0.3 is 26.2 Å². The predicted octanol–water partition coefficient (Wildman–Crippen LogP) is 3.61. The highest BCUT2D eigenvalue weighted by atomic mass is 35.5. The van der Waals surface area contributed by atoms with Crippen molar-refractivity contribution in [3.8, 4) is 5.75 Å². The van der Waals surface area contributed by atoms with Gasteiger partial charge in [0.25, 0.3) is 0 Å². The number of carbonyl (C=O) groups is 1. The molecule has 0 fully saturated rings. The summed E-state index contributed by atoms with van der Waals surface area (Å²) in [6, 6.07) is 17.3. The molecule has 0 amide bonds. The summed E-state index contributed by atoms with van der Waals surface area (Å²) in [6.07, 6.45) is -0.762. The van der Waals surface area contributed by atoms with Gasteiger partial charge in [0.2, 0.25) is 17.5 Å². The van der Waals surface area contributed by atoms with Crippen LogP contribution < -0.4 is 16.0 Å². The number of nitrogens with zero attached hydrogens (tertiary/aromatic N) is 2. The van der Waals surface area contributed by atoms with E-state index < -0.39 is 12.3 Å². The maximum Gasteiger partial charge on any atom is 0.337 e. The lowest BCUT2D eigenvalue weighted by Gasteiger charge is -2.21. The Morgan fingerprint density at radius 3 is 2.52 bits per heavy atom. The zero-order valence-corrected chi connectivity index (χ0v) is 15.7. The third kappa shape index (κ3) is 4.22. The van der Waals surface area contributed by atoms with Crippen molar-refractivity contribution in [2.24, 2.45) is 9.98 Å². The van der Waals surface area contributed by atoms with Crippen molar-refractivity contribution < 1.29 is 15.0 Å². The summed E-state index contributed by atoms with van der Waals surface area (Å²) in [5.41, 5.74) is 1.07. The minimum absolute atomic E-state index is 0.0813. The SMILES string of the molecule is O=C(O)c1cc2ccccc2cc1NC1=NC(Nc2cccc(O)c2)N=C(Cl)N1. The highest BCUT2D eigenvalue weighted by Gasteiger charge is 2.18.